The molecule has 1 heterocycles. The Morgan fingerprint density at radius 2 is 1.66 bits per heavy atom. The van der Waals surface area contributed by atoms with E-state index < -0.39 is 0 Å². The van der Waals surface area contributed by atoms with Crippen LogP contribution < -0.4 is 5.32 Å². The summed E-state index contributed by atoms with van der Waals surface area (Å²) in [6, 6.07) is -0.334. The van der Waals surface area contributed by atoms with Gasteiger partial charge in [-0.1, -0.05) is 0 Å². The fourth-order valence-corrected chi connectivity index (χ4v) is 7.04. The normalized spacial score (nSPS) is 35.2. The lowest BCUT2D eigenvalue weighted by Gasteiger charge is -2.56. The van der Waals surface area contributed by atoms with E-state index in [2.05, 4.69) is 5.32 Å². The molecular weight excluding hydrogens is 366 g/mol. The van der Waals surface area contributed by atoms with Crippen molar-refractivity contribution in [3.8, 4) is 0 Å². The van der Waals surface area contributed by atoms with Crippen molar-refractivity contribution in [3.05, 3.63) is 0 Å². The zero-order valence-electron chi connectivity index (χ0n) is 18.3. The fraction of sp³-hybridized carbons (Fsp3) is 0.870. The molecule has 6 heteroatoms. The molecule has 0 spiro atoms. The van der Waals surface area contributed by atoms with Crippen LogP contribution in [-0.4, -0.2) is 59.2 Å². The first-order valence-electron chi connectivity index (χ1n) is 11.7. The third-order valence-corrected chi connectivity index (χ3v) is 7.77. The Balaban J connectivity index is 1.46. The van der Waals surface area contributed by atoms with Crippen LogP contribution >= 0.6 is 0 Å². The Morgan fingerprint density at radius 1 is 1.07 bits per heavy atom. The molecule has 1 unspecified atom stereocenters. The number of amides is 3. The molecular formula is C23H37N3O3. The summed E-state index contributed by atoms with van der Waals surface area (Å²) in [7, 11) is 0. The number of hydrogen-bond acceptors (Lipinski definition) is 3. The number of likely N-dealkylation sites (tertiary alicyclic amines) is 1. The molecule has 1 saturated heterocycles. The lowest BCUT2D eigenvalue weighted by atomic mass is 9.49. The summed E-state index contributed by atoms with van der Waals surface area (Å²) in [6.45, 7) is 6.98. The van der Waals surface area contributed by atoms with E-state index in [4.69, 9.17) is 0 Å². The molecule has 1 N–H and O–H groups in total. The van der Waals surface area contributed by atoms with Crippen LogP contribution in [0.15, 0.2) is 0 Å². The second-order valence-electron chi connectivity index (χ2n) is 10.4. The van der Waals surface area contributed by atoms with Gasteiger partial charge in [-0.15, -0.1) is 0 Å². The smallest absolute Gasteiger partial charge is 0.245 e. The number of carbonyl (C=O) groups is 3. The number of nitrogens with zero attached hydrogens (tertiary/aromatic N) is 2. The molecule has 1 atom stereocenters. The van der Waals surface area contributed by atoms with Crippen LogP contribution in [0, 0.1) is 23.2 Å². The molecule has 0 aromatic heterocycles. The quantitative estimate of drug-likeness (QED) is 0.741. The molecule has 0 aromatic carbocycles. The van der Waals surface area contributed by atoms with Crippen molar-refractivity contribution in [2.75, 3.05) is 19.6 Å². The minimum absolute atomic E-state index is 0.0527. The van der Waals surface area contributed by atoms with Crippen molar-refractivity contribution in [3.63, 3.8) is 0 Å². The lowest BCUT2D eigenvalue weighted by molar-refractivity contribution is -0.162. The van der Waals surface area contributed by atoms with Gasteiger partial charge >= 0.3 is 0 Å². The number of likely N-dealkylation sites (N-methyl/N-ethyl adjacent to an activating group) is 1. The molecule has 1 aliphatic heterocycles. The molecule has 0 radical (unpaired) electrons. The molecule has 4 aliphatic carbocycles. The zero-order chi connectivity index (χ0) is 20.8. The maximum absolute atomic E-state index is 13.8. The third kappa shape index (κ3) is 3.91. The van der Waals surface area contributed by atoms with Crippen molar-refractivity contribution in [2.45, 2.75) is 84.2 Å². The molecule has 5 fully saturated rings. The Hall–Kier alpha value is -1.59. The Bertz CT molecular complexity index is 639. The van der Waals surface area contributed by atoms with Crippen molar-refractivity contribution < 1.29 is 14.4 Å². The number of nitrogens with one attached hydrogen (secondary N) is 1. The standard InChI is InChI=1S/C23H37N3O3/c1-4-25(14-20(27)24-15(2)3)21(28)19-6-5-7-26(19)22(29)23-11-16-8-17(12-23)10-18(9-16)13-23/h15-19H,4-14H2,1-3H3,(H,24,27). The topological polar surface area (TPSA) is 69.7 Å². The number of rotatable bonds is 6. The van der Waals surface area contributed by atoms with Crippen molar-refractivity contribution in [2.24, 2.45) is 23.2 Å². The third-order valence-electron chi connectivity index (χ3n) is 7.77. The summed E-state index contributed by atoms with van der Waals surface area (Å²) in [5.41, 5.74) is -0.205. The highest BCUT2D eigenvalue weighted by atomic mass is 16.2. The first kappa shape index (κ1) is 20.7. The van der Waals surface area contributed by atoms with E-state index in [1.807, 2.05) is 25.7 Å². The van der Waals surface area contributed by atoms with Crippen LogP contribution in [0.1, 0.15) is 72.1 Å². The van der Waals surface area contributed by atoms with Gasteiger partial charge in [-0.2, -0.15) is 0 Å². The summed E-state index contributed by atoms with van der Waals surface area (Å²) >= 11 is 0. The van der Waals surface area contributed by atoms with E-state index in [0.717, 1.165) is 32.1 Å². The molecule has 29 heavy (non-hydrogen) atoms. The summed E-state index contributed by atoms with van der Waals surface area (Å²) in [5, 5.41) is 2.86. The van der Waals surface area contributed by atoms with Gasteiger partial charge in [0.25, 0.3) is 0 Å². The minimum atomic E-state index is -0.387. The highest BCUT2D eigenvalue weighted by Gasteiger charge is 2.57. The maximum atomic E-state index is 13.8. The summed E-state index contributed by atoms with van der Waals surface area (Å²) in [6.07, 6.45) is 8.62. The van der Waals surface area contributed by atoms with Gasteiger partial charge < -0.3 is 15.1 Å². The zero-order valence-corrected chi connectivity index (χ0v) is 18.3. The Kier molecular flexibility index (Phi) is 5.64. The average molecular weight is 404 g/mol. The van der Waals surface area contributed by atoms with Crippen molar-refractivity contribution in [1.82, 2.24) is 15.1 Å². The van der Waals surface area contributed by atoms with Gasteiger partial charge in [0.05, 0.1) is 12.0 Å². The fourth-order valence-electron chi connectivity index (χ4n) is 7.04. The predicted octanol–water partition coefficient (Wildman–Crippen LogP) is 2.57. The summed E-state index contributed by atoms with van der Waals surface area (Å²) in [5.74, 6) is 2.21. The van der Waals surface area contributed by atoms with Crippen LogP contribution in [0.5, 0.6) is 0 Å². The lowest BCUT2D eigenvalue weighted by Crippen LogP contribution is -2.58. The van der Waals surface area contributed by atoms with Gasteiger partial charge in [0.1, 0.15) is 6.04 Å². The van der Waals surface area contributed by atoms with Gasteiger partial charge in [0, 0.05) is 19.1 Å². The van der Waals surface area contributed by atoms with Gasteiger partial charge in [-0.05, 0) is 89.9 Å². The van der Waals surface area contributed by atoms with Gasteiger partial charge in [-0.25, -0.2) is 0 Å². The van der Waals surface area contributed by atoms with Crippen LogP contribution in [0.4, 0.5) is 0 Å². The molecule has 3 amide bonds. The van der Waals surface area contributed by atoms with E-state index in [-0.39, 0.29) is 41.8 Å². The van der Waals surface area contributed by atoms with Crippen molar-refractivity contribution >= 4 is 17.7 Å². The maximum Gasteiger partial charge on any atom is 0.245 e. The van der Waals surface area contributed by atoms with Crippen LogP contribution in [-0.2, 0) is 14.4 Å². The number of carbonyl (C=O) groups excluding carboxylic acids is 3. The molecule has 4 bridgehead atoms. The molecule has 5 rings (SSSR count). The van der Waals surface area contributed by atoms with Gasteiger partial charge in [-0.3, -0.25) is 14.4 Å². The van der Waals surface area contributed by atoms with Gasteiger partial charge in [0.15, 0.2) is 0 Å². The van der Waals surface area contributed by atoms with Crippen LogP contribution in [0.3, 0.4) is 0 Å². The SMILES string of the molecule is CCN(CC(=O)NC(C)C)C(=O)C1CCCN1C(=O)C12CC3CC(CC(C3)C1)C2. The Morgan fingerprint density at radius 3 is 2.17 bits per heavy atom. The number of hydrogen-bond donors (Lipinski definition) is 1. The minimum Gasteiger partial charge on any atom is -0.352 e. The van der Waals surface area contributed by atoms with E-state index in [0.29, 0.717) is 30.8 Å². The molecule has 6 nitrogen and oxygen atoms in total. The Labute approximate surface area is 174 Å². The highest BCUT2D eigenvalue weighted by molar-refractivity contribution is 5.93. The average Bonchev–Trinajstić information content (AvgIpc) is 3.12. The first-order chi connectivity index (χ1) is 13.8. The summed E-state index contributed by atoms with van der Waals surface area (Å²) in [4.78, 5) is 42.8. The molecule has 4 saturated carbocycles. The van der Waals surface area contributed by atoms with E-state index in [1.165, 1.54) is 19.3 Å². The highest BCUT2D eigenvalue weighted by Crippen LogP contribution is 2.60. The molecule has 5 aliphatic rings. The van der Waals surface area contributed by atoms with E-state index in [9.17, 15) is 14.4 Å². The summed E-state index contributed by atoms with van der Waals surface area (Å²) < 4.78 is 0. The largest absolute Gasteiger partial charge is 0.352 e. The van der Waals surface area contributed by atoms with Crippen LogP contribution in [0.2, 0.25) is 0 Å². The van der Waals surface area contributed by atoms with E-state index in [1.54, 1.807) is 4.90 Å². The second-order valence-corrected chi connectivity index (χ2v) is 10.4. The van der Waals surface area contributed by atoms with Gasteiger partial charge in [0.2, 0.25) is 17.7 Å². The molecule has 162 valence electrons. The van der Waals surface area contributed by atoms with Crippen molar-refractivity contribution in [1.29, 1.82) is 0 Å². The molecule has 0 aromatic rings. The van der Waals surface area contributed by atoms with E-state index >= 15 is 0 Å². The first-order valence-corrected chi connectivity index (χ1v) is 11.7. The predicted molar refractivity (Wildman–Crippen MR) is 111 cm³/mol. The second kappa shape index (κ2) is 7.92. The monoisotopic (exact) mass is 403 g/mol. The van der Waals surface area contributed by atoms with Crippen LogP contribution in [0.25, 0.3) is 0 Å².